The van der Waals surface area contributed by atoms with Crippen molar-refractivity contribution < 1.29 is 4.79 Å². The van der Waals surface area contributed by atoms with Gasteiger partial charge in [-0.3, -0.25) is 19.1 Å². The van der Waals surface area contributed by atoms with Gasteiger partial charge in [-0.15, -0.1) is 0 Å². The third kappa shape index (κ3) is 4.03. The summed E-state index contributed by atoms with van der Waals surface area (Å²) < 4.78 is 1.28. The molecule has 3 rings (SSSR count). The number of carbonyl (C=O) groups excluding carboxylic acids is 1. The van der Waals surface area contributed by atoms with E-state index in [1.807, 2.05) is 30.3 Å². The topological polar surface area (TPSA) is 84.0 Å². The Morgan fingerprint density at radius 3 is 2.52 bits per heavy atom. The van der Waals surface area contributed by atoms with Crippen LogP contribution in [0.25, 0.3) is 10.9 Å². The lowest BCUT2D eigenvalue weighted by molar-refractivity contribution is -0.121. The van der Waals surface area contributed by atoms with E-state index in [0.717, 1.165) is 12.8 Å². The van der Waals surface area contributed by atoms with Crippen LogP contribution in [0.4, 0.5) is 0 Å². The second-order valence-corrected chi connectivity index (χ2v) is 5.80. The number of aromatic nitrogens is 2. The van der Waals surface area contributed by atoms with Crippen LogP contribution in [0.3, 0.4) is 0 Å². The summed E-state index contributed by atoms with van der Waals surface area (Å²) in [5, 5.41) is 3.21. The molecule has 2 N–H and O–H groups in total. The van der Waals surface area contributed by atoms with E-state index in [4.69, 9.17) is 0 Å². The number of nitrogens with one attached hydrogen (secondary N) is 2. The fourth-order valence-electron chi connectivity index (χ4n) is 2.76. The molecular formula is C19H19N3O3. The number of fused-ring (bicyclic) bond motifs is 1. The van der Waals surface area contributed by atoms with Crippen LogP contribution in [0.5, 0.6) is 0 Å². The summed E-state index contributed by atoms with van der Waals surface area (Å²) in [6, 6.07) is 16.8. The second kappa shape index (κ2) is 7.61. The van der Waals surface area contributed by atoms with Crippen molar-refractivity contribution in [2.24, 2.45) is 0 Å². The fraction of sp³-hybridized carbons (Fsp3) is 0.211. The minimum atomic E-state index is -0.580. The number of benzene rings is 2. The molecule has 0 spiro atoms. The van der Waals surface area contributed by atoms with Crippen LogP contribution < -0.4 is 16.6 Å². The Morgan fingerprint density at radius 2 is 1.72 bits per heavy atom. The second-order valence-electron chi connectivity index (χ2n) is 5.80. The molecule has 6 nitrogen and oxygen atoms in total. The van der Waals surface area contributed by atoms with Gasteiger partial charge >= 0.3 is 5.69 Å². The van der Waals surface area contributed by atoms with Gasteiger partial charge in [-0.2, -0.15) is 0 Å². The number of carbonyl (C=O) groups is 1. The van der Waals surface area contributed by atoms with Crippen molar-refractivity contribution in [2.45, 2.75) is 19.4 Å². The number of H-pyrrole nitrogens is 1. The lowest BCUT2D eigenvalue weighted by atomic mass is 10.1. The summed E-state index contributed by atoms with van der Waals surface area (Å²) in [5.41, 5.74) is 0.651. The van der Waals surface area contributed by atoms with Crippen LogP contribution in [-0.2, 0) is 17.8 Å². The normalized spacial score (nSPS) is 10.7. The smallest absolute Gasteiger partial charge is 0.329 e. The predicted molar refractivity (Wildman–Crippen MR) is 96.6 cm³/mol. The summed E-state index contributed by atoms with van der Waals surface area (Å²) in [6.45, 7) is 0.408. The van der Waals surface area contributed by atoms with Gasteiger partial charge in [0, 0.05) is 6.54 Å². The van der Waals surface area contributed by atoms with Crippen molar-refractivity contribution in [3.05, 3.63) is 81.0 Å². The maximum absolute atomic E-state index is 12.1. The zero-order valence-electron chi connectivity index (χ0n) is 13.7. The molecule has 0 radical (unpaired) electrons. The van der Waals surface area contributed by atoms with E-state index in [2.05, 4.69) is 10.3 Å². The molecule has 6 heteroatoms. The van der Waals surface area contributed by atoms with Gasteiger partial charge in [0.05, 0.1) is 10.9 Å². The van der Waals surface area contributed by atoms with Crippen LogP contribution in [0, 0.1) is 0 Å². The Morgan fingerprint density at radius 1 is 1.00 bits per heavy atom. The first-order chi connectivity index (χ1) is 12.1. The molecule has 0 aliphatic carbocycles. The molecule has 25 heavy (non-hydrogen) atoms. The van der Waals surface area contributed by atoms with E-state index in [0.29, 0.717) is 17.4 Å². The largest absolute Gasteiger partial charge is 0.355 e. The number of rotatable bonds is 6. The SMILES string of the molecule is O=C(Cn1c(=O)[nH]c(=O)c2ccccc21)NCCCc1ccccc1. The Hall–Kier alpha value is -3.15. The summed E-state index contributed by atoms with van der Waals surface area (Å²) in [5.74, 6) is -0.257. The third-order valence-electron chi connectivity index (χ3n) is 4.01. The van der Waals surface area contributed by atoms with Gasteiger partial charge in [-0.25, -0.2) is 4.79 Å². The average molecular weight is 337 g/mol. The van der Waals surface area contributed by atoms with E-state index >= 15 is 0 Å². The average Bonchev–Trinajstić information content (AvgIpc) is 2.63. The summed E-state index contributed by atoms with van der Waals surface area (Å²) in [7, 11) is 0. The first kappa shape index (κ1) is 16.7. The van der Waals surface area contributed by atoms with Crippen molar-refractivity contribution >= 4 is 16.8 Å². The molecule has 1 heterocycles. The van der Waals surface area contributed by atoms with Gasteiger partial charge in [0.1, 0.15) is 6.54 Å². The summed E-state index contributed by atoms with van der Waals surface area (Å²) in [6.07, 6.45) is 1.69. The number of aryl methyl sites for hydroxylation is 1. The maximum Gasteiger partial charge on any atom is 0.329 e. The van der Waals surface area contributed by atoms with E-state index < -0.39 is 11.2 Å². The number of hydrogen-bond acceptors (Lipinski definition) is 3. The third-order valence-corrected chi connectivity index (χ3v) is 4.01. The number of hydrogen-bond donors (Lipinski definition) is 2. The van der Waals surface area contributed by atoms with Crippen LogP contribution in [0.15, 0.2) is 64.2 Å². The van der Waals surface area contributed by atoms with Gasteiger partial charge in [0.25, 0.3) is 5.56 Å². The fourth-order valence-corrected chi connectivity index (χ4v) is 2.76. The first-order valence-electron chi connectivity index (χ1n) is 8.17. The molecule has 0 unspecified atom stereocenters. The predicted octanol–water partition coefficient (Wildman–Crippen LogP) is 1.44. The number of amides is 1. The van der Waals surface area contributed by atoms with Crippen molar-refractivity contribution in [3.63, 3.8) is 0 Å². The Balaban J connectivity index is 1.63. The quantitative estimate of drug-likeness (QED) is 0.668. The Labute approximate surface area is 144 Å². The highest BCUT2D eigenvalue weighted by Gasteiger charge is 2.10. The first-order valence-corrected chi connectivity index (χ1v) is 8.17. The van der Waals surface area contributed by atoms with E-state index in [1.54, 1.807) is 24.3 Å². The van der Waals surface area contributed by atoms with Crippen LogP contribution in [-0.4, -0.2) is 22.0 Å². The zero-order valence-corrected chi connectivity index (χ0v) is 13.7. The molecular weight excluding hydrogens is 318 g/mol. The zero-order chi connectivity index (χ0) is 17.6. The van der Waals surface area contributed by atoms with Gasteiger partial charge in [-0.1, -0.05) is 42.5 Å². The number of nitrogens with zero attached hydrogens (tertiary/aromatic N) is 1. The molecule has 0 aliphatic heterocycles. The van der Waals surface area contributed by atoms with E-state index in [9.17, 15) is 14.4 Å². The highest BCUT2D eigenvalue weighted by atomic mass is 16.2. The van der Waals surface area contributed by atoms with Crippen molar-refractivity contribution in [1.82, 2.24) is 14.9 Å². The van der Waals surface area contributed by atoms with Crippen LogP contribution in [0.1, 0.15) is 12.0 Å². The van der Waals surface area contributed by atoms with Gasteiger partial charge in [0.2, 0.25) is 5.91 Å². The minimum Gasteiger partial charge on any atom is -0.355 e. The lowest BCUT2D eigenvalue weighted by Gasteiger charge is -2.10. The Bertz CT molecular complexity index is 990. The van der Waals surface area contributed by atoms with Crippen LogP contribution >= 0.6 is 0 Å². The molecule has 0 bridgehead atoms. The molecule has 0 aliphatic rings. The van der Waals surface area contributed by atoms with E-state index in [1.165, 1.54) is 10.1 Å². The molecule has 128 valence electrons. The van der Waals surface area contributed by atoms with Crippen molar-refractivity contribution in [2.75, 3.05) is 6.54 Å². The Kier molecular flexibility index (Phi) is 5.09. The molecule has 1 amide bonds. The highest BCUT2D eigenvalue weighted by molar-refractivity contribution is 5.81. The van der Waals surface area contributed by atoms with Crippen molar-refractivity contribution in [1.29, 1.82) is 0 Å². The maximum atomic E-state index is 12.1. The molecule has 0 saturated carbocycles. The summed E-state index contributed by atoms with van der Waals surface area (Å²) in [4.78, 5) is 38.2. The standard InChI is InChI=1S/C19H19N3O3/c23-17(20-12-6-9-14-7-2-1-3-8-14)13-22-16-11-5-4-10-15(16)18(24)21-19(22)25/h1-5,7-8,10-11H,6,9,12-13H2,(H,20,23)(H,21,24,25). The van der Waals surface area contributed by atoms with Gasteiger partial charge in [0.15, 0.2) is 0 Å². The van der Waals surface area contributed by atoms with Gasteiger partial charge in [-0.05, 0) is 30.5 Å². The van der Waals surface area contributed by atoms with Crippen molar-refractivity contribution in [3.8, 4) is 0 Å². The molecule has 0 saturated heterocycles. The molecule has 0 atom stereocenters. The van der Waals surface area contributed by atoms with E-state index in [-0.39, 0.29) is 12.5 Å². The summed E-state index contributed by atoms with van der Waals surface area (Å²) >= 11 is 0. The van der Waals surface area contributed by atoms with Crippen LogP contribution in [0.2, 0.25) is 0 Å². The number of para-hydroxylation sites is 1. The monoisotopic (exact) mass is 337 g/mol. The lowest BCUT2D eigenvalue weighted by Crippen LogP contribution is -2.36. The molecule has 3 aromatic rings. The highest BCUT2D eigenvalue weighted by Crippen LogP contribution is 2.06. The molecule has 2 aromatic carbocycles. The minimum absolute atomic E-state index is 0.124. The molecule has 0 fully saturated rings. The molecule has 1 aromatic heterocycles. The van der Waals surface area contributed by atoms with Gasteiger partial charge < -0.3 is 5.32 Å². The number of aromatic amines is 1.